The van der Waals surface area contributed by atoms with E-state index < -0.39 is 0 Å². The number of hydrogen-bond acceptors (Lipinski definition) is 1. The second-order valence-electron chi connectivity index (χ2n) is 12.0. The van der Waals surface area contributed by atoms with Crippen LogP contribution in [0.3, 0.4) is 0 Å². The highest BCUT2D eigenvalue weighted by Crippen LogP contribution is 2.45. The summed E-state index contributed by atoms with van der Waals surface area (Å²) in [6.45, 7) is 12.7. The van der Waals surface area contributed by atoms with Crippen molar-refractivity contribution in [2.24, 2.45) is 0 Å². The summed E-state index contributed by atoms with van der Waals surface area (Å²) >= 11 is 27.5. The Labute approximate surface area is 277 Å². The number of H-pyrrole nitrogens is 2. The van der Waals surface area contributed by atoms with Crippen molar-refractivity contribution in [3.8, 4) is 22.3 Å². The molecule has 0 atom stereocenters. The molecule has 2 heterocycles. The molecule has 0 unspecified atom stereocenters. The van der Waals surface area contributed by atoms with Crippen LogP contribution in [0.2, 0.25) is 20.1 Å². The quantitative estimate of drug-likeness (QED) is 0.171. The Morgan fingerprint density at radius 1 is 0.568 bits per heavy atom. The van der Waals surface area contributed by atoms with Crippen molar-refractivity contribution in [2.75, 3.05) is 0 Å². The van der Waals surface area contributed by atoms with E-state index in [1.54, 1.807) is 12.1 Å². The molecule has 0 saturated heterocycles. The van der Waals surface area contributed by atoms with Gasteiger partial charge < -0.3 is 9.97 Å². The van der Waals surface area contributed by atoms with Crippen molar-refractivity contribution in [1.29, 1.82) is 0 Å². The lowest BCUT2D eigenvalue weighted by molar-refractivity contribution is 0.103. The van der Waals surface area contributed by atoms with Crippen LogP contribution in [0.15, 0.2) is 60.7 Å². The number of aryl methyl sites for hydroxylation is 2. The van der Waals surface area contributed by atoms with Crippen LogP contribution in [-0.2, 0) is 0 Å². The third-order valence-corrected chi connectivity index (χ3v) is 10.3. The van der Waals surface area contributed by atoms with Crippen molar-refractivity contribution < 1.29 is 4.79 Å². The Kier molecular flexibility index (Phi) is 8.13. The van der Waals surface area contributed by atoms with Gasteiger partial charge in [-0.15, -0.1) is 0 Å². The molecule has 0 aliphatic carbocycles. The first-order valence-corrected chi connectivity index (χ1v) is 16.2. The van der Waals surface area contributed by atoms with Crippen LogP contribution in [-0.4, -0.2) is 15.8 Å². The second-order valence-corrected chi connectivity index (χ2v) is 13.5. The van der Waals surface area contributed by atoms with Gasteiger partial charge in [-0.2, -0.15) is 0 Å². The molecule has 0 amide bonds. The summed E-state index contributed by atoms with van der Waals surface area (Å²) in [7, 11) is 0. The molecule has 6 aromatic rings. The maximum atomic E-state index is 13.9. The summed E-state index contributed by atoms with van der Waals surface area (Å²) in [6, 6.07) is 19.7. The molecule has 2 aromatic heterocycles. The van der Waals surface area contributed by atoms with Crippen molar-refractivity contribution in [1.82, 2.24) is 9.97 Å². The van der Waals surface area contributed by atoms with Crippen LogP contribution < -0.4 is 0 Å². The van der Waals surface area contributed by atoms with Crippen LogP contribution in [0.1, 0.15) is 78.0 Å². The van der Waals surface area contributed by atoms with E-state index >= 15 is 0 Å². The Morgan fingerprint density at radius 2 is 0.955 bits per heavy atom. The maximum absolute atomic E-state index is 13.9. The van der Waals surface area contributed by atoms with Gasteiger partial charge in [0.15, 0.2) is 5.78 Å². The lowest BCUT2D eigenvalue weighted by Crippen LogP contribution is -2.05. The van der Waals surface area contributed by atoms with Gasteiger partial charge in [0.25, 0.3) is 0 Å². The number of hydrogen-bond donors (Lipinski definition) is 2. The summed E-state index contributed by atoms with van der Waals surface area (Å²) in [5, 5.41) is 3.09. The van der Waals surface area contributed by atoms with Gasteiger partial charge in [0, 0.05) is 66.6 Å². The predicted octanol–water partition coefficient (Wildman–Crippen LogP) is 12.7. The summed E-state index contributed by atoms with van der Waals surface area (Å²) in [6.07, 6.45) is 0. The molecule has 6 rings (SSSR count). The smallest absolute Gasteiger partial charge is 0.196 e. The topological polar surface area (TPSA) is 48.6 Å². The zero-order valence-electron chi connectivity index (χ0n) is 25.3. The zero-order chi connectivity index (χ0) is 31.6. The van der Waals surface area contributed by atoms with Crippen LogP contribution in [0.5, 0.6) is 0 Å². The highest BCUT2D eigenvalue weighted by atomic mass is 35.5. The predicted molar refractivity (Wildman–Crippen MR) is 189 cm³/mol. The first kappa shape index (κ1) is 30.8. The summed E-state index contributed by atoms with van der Waals surface area (Å²) in [5.74, 6) is 0.352. The van der Waals surface area contributed by atoms with E-state index in [4.69, 9.17) is 46.4 Å². The van der Waals surface area contributed by atoms with Gasteiger partial charge in [-0.05, 0) is 48.9 Å². The molecule has 0 radical (unpaired) electrons. The second kappa shape index (κ2) is 11.6. The number of rotatable bonds is 6. The minimum absolute atomic E-state index is 0.174. The molecule has 0 aliphatic heterocycles. The zero-order valence-corrected chi connectivity index (χ0v) is 28.4. The number of ketones is 1. The Bertz CT molecular complexity index is 1970. The number of carbonyl (C=O) groups is 1. The molecule has 0 spiro atoms. The first-order valence-electron chi connectivity index (χ1n) is 14.7. The summed E-state index contributed by atoms with van der Waals surface area (Å²) < 4.78 is 0. The molecular weight excluding hydrogens is 630 g/mol. The highest BCUT2D eigenvalue weighted by molar-refractivity contribution is 6.48. The molecule has 44 heavy (non-hydrogen) atoms. The molecule has 0 saturated carbocycles. The fourth-order valence-electron chi connectivity index (χ4n) is 6.38. The summed E-state index contributed by atoms with van der Waals surface area (Å²) in [4.78, 5) is 21.0. The lowest BCUT2D eigenvalue weighted by atomic mass is 9.94. The van der Waals surface area contributed by atoms with Gasteiger partial charge >= 0.3 is 0 Å². The van der Waals surface area contributed by atoms with Crippen LogP contribution in [0, 0.1) is 13.8 Å². The molecule has 224 valence electrons. The molecule has 3 nitrogen and oxygen atoms in total. The van der Waals surface area contributed by atoms with Gasteiger partial charge in [0.2, 0.25) is 0 Å². The van der Waals surface area contributed by atoms with E-state index in [0.29, 0.717) is 21.9 Å². The minimum atomic E-state index is -0.350. The van der Waals surface area contributed by atoms with Gasteiger partial charge in [-0.1, -0.05) is 123 Å². The number of fused-ring (bicyclic) bond motifs is 2. The SMILES string of the molecule is Cc1[nH]c2c(C(C)C)cccc2c1-c1ccc(C(=O)c2ccc(-c3c(C)[nH]c4c(C(C)C)cccc34)c(Cl)c2Cl)c(Cl)c1Cl. The molecule has 0 fully saturated rings. The lowest BCUT2D eigenvalue weighted by Gasteiger charge is -2.14. The maximum Gasteiger partial charge on any atom is 0.196 e. The van der Waals surface area contributed by atoms with Gasteiger partial charge in [0.1, 0.15) is 0 Å². The third-order valence-electron chi connectivity index (χ3n) is 8.54. The van der Waals surface area contributed by atoms with Crippen LogP contribution in [0.25, 0.3) is 44.1 Å². The van der Waals surface area contributed by atoms with E-state index in [2.05, 4.69) is 74.1 Å². The standard InChI is InChI=1S/C37H32Cl4N2O/c1-17(2)21-9-7-11-25-29(19(5)42-35(21)25)23-13-15-27(33(40)31(23)38)37(44)28-16-14-24(32(39)34(28)41)30-20(6)43-36-22(18(3)4)10-8-12-26(30)36/h7-18,42-43H,1-6H3. The molecule has 0 bridgehead atoms. The fourth-order valence-corrected chi connectivity index (χ4v) is 7.40. The van der Waals surface area contributed by atoms with Gasteiger partial charge in [0.05, 0.1) is 20.1 Å². The average molecular weight is 662 g/mol. The number of aromatic amines is 2. The van der Waals surface area contributed by atoms with Crippen molar-refractivity contribution >= 4 is 74.0 Å². The van der Waals surface area contributed by atoms with E-state index in [9.17, 15) is 4.79 Å². The van der Waals surface area contributed by atoms with Crippen molar-refractivity contribution in [3.63, 3.8) is 0 Å². The Balaban J connectivity index is 1.42. The Hall–Kier alpha value is -3.21. The van der Waals surface area contributed by atoms with Gasteiger partial charge in [-0.3, -0.25) is 4.79 Å². The largest absolute Gasteiger partial charge is 0.358 e. The minimum Gasteiger partial charge on any atom is -0.358 e. The van der Waals surface area contributed by atoms with Crippen molar-refractivity contribution in [3.05, 3.63) is 114 Å². The number of aromatic nitrogens is 2. The van der Waals surface area contributed by atoms with Crippen molar-refractivity contribution in [2.45, 2.75) is 53.4 Å². The summed E-state index contributed by atoms with van der Waals surface area (Å²) in [5.41, 5.74) is 10.5. The third kappa shape index (κ3) is 4.86. The normalized spacial score (nSPS) is 11.9. The number of para-hydroxylation sites is 2. The number of nitrogens with one attached hydrogen (secondary N) is 2. The molecule has 2 N–H and O–H groups in total. The molecule has 0 aliphatic rings. The van der Waals surface area contributed by atoms with E-state index in [0.717, 1.165) is 55.4 Å². The van der Waals surface area contributed by atoms with Crippen LogP contribution >= 0.6 is 46.4 Å². The van der Waals surface area contributed by atoms with E-state index in [-0.39, 0.29) is 27.0 Å². The van der Waals surface area contributed by atoms with Gasteiger partial charge in [-0.25, -0.2) is 0 Å². The van der Waals surface area contributed by atoms with E-state index in [1.807, 2.05) is 26.0 Å². The molecule has 4 aromatic carbocycles. The first-order chi connectivity index (χ1) is 20.9. The Morgan fingerprint density at radius 3 is 1.32 bits per heavy atom. The number of carbonyl (C=O) groups excluding carboxylic acids is 1. The van der Waals surface area contributed by atoms with E-state index in [1.165, 1.54) is 11.1 Å². The molecule has 7 heteroatoms. The van der Waals surface area contributed by atoms with Crippen LogP contribution in [0.4, 0.5) is 0 Å². The average Bonchev–Trinajstić information content (AvgIpc) is 3.50. The number of benzene rings is 4. The highest BCUT2D eigenvalue weighted by Gasteiger charge is 2.25. The molecular formula is C37H32Cl4N2O. The monoisotopic (exact) mass is 660 g/mol. The number of halogens is 4. The fraction of sp³-hybridized carbons (Fsp3) is 0.216.